The molecule has 0 bridgehead atoms. The molecule has 0 aliphatic heterocycles. The third kappa shape index (κ3) is 3.11. The molecule has 5 heteroatoms. The molecule has 2 aromatic carbocycles. The molecule has 0 heterocycles. The molecule has 3 N–H and O–H groups in total. The molecule has 0 saturated heterocycles. The fourth-order valence-electron chi connectivity index (χ4n) is 1.82. The molecule has 0 unspecified atom stereocenters. The second-order valence-corrected chi connectivity index (χ2v) is 5.23. The number of nitrogens with one attached hydrogen (secondary N) is 1. The van der Waals surface area contributed by atoms with Crippen LogP contribution in [0.25, 0.3) is 0 Å². The van der Waals surface area contributed by atoms with Crippen molar-refractivity contribution >= 4 is 33.2 Å². The van der Waals surface area contributed by atoms with Gasteiger partial charge in [0.25, 0.3) is 5.91 Å². The topological polar surface area (TPSA) is 64.3 Å². The van der Waals surface area contributed by atoms with Gasteiger partial charge in [-0.3, -0.25) is 4.79 Å². The number of ether oxygens (including phenoxy) is 1. The lowest BCUT2D eigenvalue weighted by Gasteiger charge is -2.11. The molecule has 1 amide bonds. The predicted octanol–water partition coefficient (Wildman–Crippen LogP) is 3.60. The number of carbonyl (C=O) groups excluding carboxylic acids is 1. The van der Waals surface area contributed by atoms with Crippen molar-refractivity contribution < 1.29 is 9.53 Å². The molecule has 2 aromatic rings. The average Bonchev–Trinajstić information content (AvgIpc) is 2.42. The van der Waals surface area contributed by atoms with Crippen LogP contribution in [0.4, 0.5) is 11.4 Å². The fraction of sp³-hybridized carbons (Fsp3) is 0.133. The summed E-state index contributed by atoms with van der Waals surface area (Å²) in [6.07, 6.45) is 0. The minimum Gasteiger partial charge on any atom is -0.496 e. The molecule has 104 valence electrons. The van der Waals surface area contributed by atoms with Gasteiger partial charge in [0.15, 0.2) is 0 Å². The zero-order valence-electron chi connectivity index (χ0n) is 11.2. The first-order valence-electron chi connectivity index (χ1n) is 6.02. The number of anilines is 2. The highest BCUT2D eigenvalue weighted by molar-refractivity contribution is 9.10. The van der Waals surface area contributed by atoms with Crippen molar-refractivity contribution in [2.75, 3.05) is 18.2 Å². The second kappa shape index (κ2) is 5.96. The molecule has 0 atom stereocenters. The van der Waals surface area contributed by atoms with E-state index in [1.807, 2.05) is 25.1 Å². The molecular formula is C15H15BrN2O2. The highest BCUT2D eigenvalue weighted by Crippen LogP contribution is 2.24. The van der Waals surface area contributed by atoms with E-state index >= 15 is 0 Å². The van der Waals surface area contributed by atoms with Crippen LogP contribution in [0.1, 0.15) is 15.9 Å². The Morgan fingerprint density at radius 2 is 2.00 bits per heavy atom. The van der Waals surface area contributed by atoms with Gasteiger partial charge in [0.1, 0.15) is 5.75 Å². The van der Waals surface area contributed by atoms with Crippen LogP contribution in [0, 0.1) is 6.92 Å². The first kappa shape index (κ1) is 14.4. The monoisotopic (exact) mass is 334 g/mol. The van der Waals surface area contributed by atoms with Gasteiger partial charge in [0.05, 0.1) is 12.7 Å². The maximum Gasteiger partial charge on any atom is 0.259 e. The van der Waals surface area contributed by atoms with E-state index in [2.05, 4.69) is 21.2 Å². The van der Waals surface area contributed by atoms with Crippen LogP contribution in [0.15, 0.2) is 40.9 Å². The third-order valence-electron chi connectivity index (χ3n) is 2.89. The van der Waals surface area contributed by atoms with Crippen LogP contribution in [0.5, 0.6) is 5.75 Å². The van der Waals surface area contributed by atoms with E-state index in [1.165, 1.54) is 7.11 Å². The summed E-state index contributed by atoms with van der Waals surface area (Å²) in [5.41, 5.74) is 8.45. The van der Waals surface area contributed by atoms with Crippen LogP contribution in [0.3, 0.4) is 0 Å². The van der Waals surface area contributed by atoms with Gasteiger partial charge in [-0.2, -0.15) is 0 Å². The largest absolute Gasteiger partial charge is 0.496 e. The van der Waals surface area contributed by atoms with Gasteiger partial charge in [0.2, 0.25) is 0 Å². The Kier molecular flexibility index (Phi) is 4.29. The second-order valence-electron chi connectivity index (χ2n) is 4.38. The van der Waals surface area contributed by atoms with Crippen LogP contribution in [-0.2, 0) is 0 Å². The molecule has 20 heavy (non-hydrogen) atoms. The van der Waals surface area contributed by atoms with Gasteiger partial charge in [-0.1, -0.05) is 15.9 Å². The Hall–Kier alpha value is -2.01. The summed E-state index contributed by atoms with van der Waals surface area (Å²) in [6, 6.07) is 10.6. The Labute approximate surface area is 126 Å². The Balaban J connectivity index is 2.25. The lowest BCUT2D eigenvalue weighted by atomic mass is 10.1. The average molecular weight is 335 g/mol. The van der Waals surface area contributed by atoms with Gasteiger partial charge >= 0.3 is 0 Å². The first-order chi connectivity index (χ1) is 9.51. The van der Waals surface area contributed by atoms with Crippen LogP contribution >= 0.6 is 15.9 Å². The van der Waals surface area contributed by atoms with E-state index in [4.69, 9.17) is 10.5 Å². The summed E-state index contributed by atoms with van der Waals surface area (Å²) in [4.78, 5) is 12.3. The summed E-state index contributed by atoms with van der Waals surface area (Å²) < 4.78 is 6.18. The van der Waals surface area contributed by atoms with Gasteiger partial charge < -0.3 is 15.8 Å². The number of carbonyl (C=O) groups is 1. The van der Waals surface area contributed by atoms with Crippen LogP contribution in [-0.4, -0.2) is 13.0 Å². The van der Waals surface area contributed by atoms with Crippen LogP contribution in [0.2, 0.25) is 0 Å². The molecule has 0 aromatic heterocycles. The number of halogens is 1. The number of rotatable bonds is 3. The Bertz CT molecular complexity index is 656. The number of hydrogen-bond donors (Lipinski definition) is 2. The third-order valence-corrected chi connectivity index (χ3v) is 3.78. The molecule has 0 fully saturated rings. The summed E-state index contributed by atoms with van der Waals surface area (Å²) in [5, 5.41) is 2.84. The van der Waals surface area contributed by atoms with Crippen molar-refractivity contribution in [3.63, 3.8) is 0 Å². The molecule has 4 nitrogen and oxygen atoms in total. The quantitative estimate of drug-likeness (QED) is 0.843. The molecule has 0 radical (unpaired) electrons. The Morgan fingerprint density at radius 1 is 1.25 bits per heavy atom. The number of amides is 1. The maximum absolute atomic E-state index is 12.3. The summed E-state index contributed by atoms with van der Waals surface area (Å²) in [6.45, 7) is 1.96. The molecule has 0 aliphatic rings. The maximum atomic E-state index is 12.3. The number of benzene rings is 2. The smallest absolute Gasteiger partial charge is 0.259 e. The molecule has 0 saturated carbocycles. The minimum atomic E-state index is -0.233. The fourth-order valence-corrected chi connectivity index (χ4v) is 2.06. The zero-order valence-corrected chi connectivity index (χ0v) is 12.8. The van der Waals surface area contributed by atoms with E-state index in [0.717, 1.165) is 15.7 Å². The summed E-state index contributed by atoms with van der Waals surface area (Å²) >= 11 is 3.42. The standard InChI is InChI=1S/C15H15BrN2O2/c1-9-7-11(4-6-13(9)16)18-15(19)12-5-3-10(17)8-14(12)20-2/h3-8H,17H2,1-2H3,(H,18,19). The molecular weight excluding hydrogens is 320 g/mol. The van der Waals surface area contributed by atoms with Crippen LogP contribution < -0.4 is 15.8 Å². The van der Waals surface area contributed by atoms with Gasteiger partial charge in [-0.25, -0.2) is 0 Å². The number of methoxy groups -OCH3 is 1. The van der Waals surface area contributed by atoms with E-state index < -0.39 is 0 Å². The zero-order chi connectivity index (χ0) is 14.7. The highest BCUT2D eigenvalue weighted by atomic mass is 79.9. The van der Waals surface area contributed by atoms with E-state index in [0.29, 0.717) is 17.0 Å². The number of aryl methyl sites for hydroxylation is 1. The molecule has 2 rings (SSSR count). The van der Waals surface area contributed by atoms with Gasteiger partial charge in [-0.05, 0) is 42.8 Å². The van der Waals surface area contributed by atoms with Crippen molar-refractivity contribution in [3.8, 4) is 5.75 Å². The van der Waals surface area contributed by atoms with Crippen molar-refractivity contribution in [3.05, 3.63) is 52.0 Å². The normalized spacial score (nSPS) is 10.2. The van der Waals surface area contributed by atoms with Gasteiger partial charge in [0, 0.05) is 21.9 Å². The highest BCUT2D eigenvalue weighted by Gasteiger charge is 2.13. The van der Waals surface area contributed by atoms with E-state index in [-0.39, 0.29) is 5.91 Å². The number of nitrogens with two attached hydrogens (primary N) is 1. The summed E-state index contributed by atoms with van der Waals surface area (Å²) in [5.74, 6) is 0.222. The first-order valence-corrected chi connectivity index (χ1v) is 6.81. The van der Waals surface area contributed by atoms with E-state index in [1.54, 1.807) is 18.2 Å². The lowest BCUT2D eigenvalue weighted by Crippen LogP contribution is -2.13. The Morgan fingerprint density at radius 3 is 2.65 bits per heavy atom. The molecule has 0 aliphatic carbocycles. The van der Waals surface area contributed by atoms with Crippen molar-refractivity contribution in [2.24, 2.45) is 0 Å². The van der Waals surface area contributed by atoms with Crippen molar-refractivity contribution in [1.82, 2.24) is 0 Å². The minimum absolute atomic E-state index is 0.233. The van der Waals surface area contributed by atoms with E-state index in [9.17, 15) is 4.79 Å². The predicted molar refractivity (Wildman–Crippen MR) is 84.2 cm³/mol. The van der Waals surface area contributed by atoms with Gasteiger partial charge in [-0.15, -0.1) is 0 Å². The molecule has 0 spiro atoms. The van der Waals surface area contributed by atoms with Crippen molar-refractivity contribution in [1.29, 1.82) is 0 Å². The summed E-state index contributed by atoms with van der Waals surface area (Å²) in [7, 11) is 1.51. The number of hydrogen-bond acceptors (Lipinski definition) is 3. The lowest BCUT2D eigenvalue weighted by molar-refractivity contribution is 0.102. The number of nitrogen functional groups attached to an aromatic ring is 1. The SMILES string of the molecule is COc1cc(N)ccc1C(=O)Nc1ccc(Br)c(C)c1. The van der Waals surface area contributed by atoms with Crippen molar-refractivity contribution in [2.45, 2.75) is 6.92 Å².